The van der Waals surface area contributed by atoms with Crippen molar-refractivity contribution >= 4 is 35.8 Å². The van der Waals surface area contributed by atoms with Gasteiger partial charge in [0, 0.05) is 38.6 Å². The number of aliphatic hydroxyl groups excluding tert-OH is 1. The first kappa shape index (κ1) is 24.7. The number of rotatable bonds is 10. The van der Waals surface area contributed by atoms with Gasteiger partial charge in [0.2, 0.25) is 5.91 Å². The Morgan fingerprint density at radius 3 is 2.57 bits per heavy atom. The minimum atomic E-state index is -0.479. The highest BCUT2D eigenvalue weighted by Crippen LogP contribution is 2.18. The number of aliphatic imine (C=N–C) groups is 1. The lowest BCUT2D eigenvalue weighted by Gasteiger charge is -2.26. The van der Waals surface area contributed by atoms with Crippen molar-refractivity contribution in [3.05, 3.63) is 35.9 Å². The van der Waals surface area contributed by atoms with Crippen LogP contribution in [0.5, 0.6) is 0 Å². The average Bonchev–Trinajstić information content (AvgIpc) is 3.11. The van der Waals surface area contributed by atoms with Gasteiger partial charge < -0.3 is 20.6 Å². The molecular formula is C21H35IN4O2. The number of guanidine groups is 1. The third-order valence-electron chi connectivity index (χ3n) is 4.99. The molecule has 2 rings (SSSR count). The van der Waals surface area contributed by atoms with Crippen molar-refractivity contribution < 1.29 is 9.90 Å². The van der Waals surface area contributed by atoms with Gasteiger partial charge in [-0.15, -0.1) is 24.0 Å². The van der Waals surface area contributed by atoms with Gasteiger partial charge in [0.1, 0.15) is 0 Å². The van der Waals surface area contributed by atoms with Crippen LogP contribution in [-0.4, -0.2) is 54.1 Å². The molecule has 0 bridgehead atoms. The van der Waals surface area contributed by atoms with Crippen LogP contribution in [-0.2, 0) is 4.79 Å². The van der Waals surface area contributed by atoms with Crippen LogP contribution in [0.15, 0.2) is 35.3 Å². The van der Waals surface area contributed by atoms with Crippen LogP contribution < -0.4 is 10.6 Å². The molecule has 158 valence electrons. The fourth-order valence-corrected chi connectivity index (χ4v) is 3.47. The molecule has 1 saturated heterocycles. The maximum atomic E-state index is 11.9. The van der Waals surface area contributed by atoms with E-state index in [9.17, 15) is 9.90 Å². The van der Waals surface area contributed by atoms with Crippen molar-refractivity contribution in [2.75, 3.05) is 26.2 Å². The highest BCUT2D eigenvalue weighted by Gasteiger charge is 2.26. The molecule has 1 fully saturated rings. The molecule has 1 aliphatic rings. The molecule has 0 saturated carbocycles. The molecule has 1 aromatic carbocycles. The van der Waals surface area contributed by atoms with E-state index in [0.29, 0.717) is 25.9 Å². The number of hydrogen-bond acceptors (Lipinski definition) is 3. The number of aliphatic hydroxyl groups is 1. The van der Waals surface area contributed by atoms with Crippen molar-refractivity contribution in [2.24, 2.45) is 4.99 Å². The Balaban J connectivity index is 0.00000392. The number of hydrogen-bond donors (Lipinski definition) is 3. The molecule has 0 radical (unpaired) electrons. The summed E-state index contributed by atoms with van der Waals surface area (Å²) in [4.78, 5) is 18.6. The number of nitrogens with zero attached hydrogens (tertiary/aromatic N) is 2. The van der Waals surface area contributed by atoms with Gasteiger partial charge >= 0.3 is 0 Å². The molecule has 0 aromatic heterocycles. The van der Waals surface area contributed by atoms with Gasteiger partial charge in [-0.2, -0.15) is 0 Å². The molecule has 1 aliphatic heterocycles. The Bertz CT molecular complexity index is 597. The number of halogens is 1. The second-order valence-corrected chi connectivity index (χ2v) is 6.94. The molecule has 0 spiro atoms. The fraction of sp³-hybridized carbons (Fsp3) is 0.619. The predicted octanol–water partition coefficient (Wildman–Crippen LogP) is 3.07. The maximum absolute atomic E-state index is 11.9. The van der Waals surface area contributed by atoms with Gasteiger partial charge in [-0.1, -0.05) is 37.3 Å². The summed E-state index contributed by atoms with van der Waals surface area (Å²) in [5.74, 6) is 1.05. The highest BCUT2D eigenvalue weighted by molar-refractivity contribution is 14.0. The third-order valence-corrected chi connectivity index (χ3v) is 4.99. The summed E-state index contributed by atoms with van der Waals surface area (Å²) >= 11 is 0. The van der Waals surface area contributed by atoms with Crippen molar-refractivity contribution in [1.82, 2.24) is 15.5 Å². The molecule has 1 aromatic rings. The maximum Gasteiger partial charge on any atom is 0.222 e. The lowest BCUT2D eigenvalue weighted by Crippen LogP contribution is -2.39. The normalized spacial score (nSPS) is 16.5. The van der Waals surface area contributed by atoms with Crippen LogP contribution in [0, 0.1) is 0 Å². The summed E-state index contributed by atoms with van der Waals surface area (Å²) in [6.07, 6.45) is 3.65. The van der Waals surface area contributed by atoms with E-state index in [-0.39, 0.29) is 35.9 Å². The fourth-order valence-electron chi connectivity index (χ4n) is 3.47. The van der Waals surface area contributed by atoms with Gasteiger partial charge in [-0.05, 0) is 38.2 Å². The minimum absolute atomic E-state index is 0. The third kappa shape index (κ3) is 7.95. The molecule has 1 amide bonds. The van der Waals surface area contributed by atoms with Gasteiger partial charge in [0.25, 0.3) is 0 Å². The number of nitrogens with one attached hydrogen (secondary N) is 2. The Morgan fingerprint density at radius 2 is 1.96 bits per heavy atom. The lowest BCUT2D eigenvalue weighted by atomic mass is 10.1. The summed E-state index contributed by atoms with van der Waals surface area (Å²) in [6, 6.07) is 9.98. The Kier molecular flexibility index (Phi) is 12.1. The van der Waals surface area contributed by atoms with Crippen LogP contribution in [0.25, 0.3) is 0 Å². The van der Waals surface area contributed by atoms with E-state index in [2.05, 4.69) is 22.5 Å². The van der Waals surface area contributed by atoms with Crippen molar-refractivity contribution in [3.8, 4) is 0 Å². The number of benzene rings is 1. The number of likely N-dealkylation sites (tertiary alicyclic amines) is 1. The van der Waals surface area contributed by atoms with Gasteiger partial charge in [-0.25, -0.2) is 0 Å². The molecule has 2 atom stereocenters. The van der Waals surface area contributed by atoms with Crippen molar-refractivity contribution in [1.29, 1.82) is 0 Å². The topological polar surface area (TPSA) is 77.0 Å². The summed E-state index contributed by atoms with van der Waals surface area (Å²) in [7, 11) is 0. The predicted molar refractivity (Wildman–Crippen MR) is 125 cm³/mol. The van der Waals surface area contributed by atoms with Crippen LogP contribution >= 0.6 is 24.0 Å². The molecular weight excluding hydrogens is 467 g/mol. The Morgan fingerprint density at radius 1 is 1.21 bits per heavy atom. The molecule has 0 aliphatic carbocycles. The van der Waals surface area contributed by atoms with Crippen LogP contribution in [0.2, 0.25) is 0 Å². The van der Waals surface area contributed by atoms with E-state index < -0.39 is 6.10 Å². The number of carbonyl (C=O) groups excluding carboxylic acids is 1. The van der Waals surface area contributed by atoms with Gasteiger partial charge in [-0.3, -0.25) is 9.79 Å². The van der Waals surface area contributed by atoms with Crippen molar-refractivity contribution in [2.45, 2.75) is 58.1 Å². The second-order valence-electron chi connectivity index (χ2n) is 6.94. The SMILES string of the molecule is CCNC(=NCCC(CC)N1CCCC1=O)NCCC(O)c1ccccc1.I. The summed E-state index contributed by atoms with van der Waals surface area (Å²) < 4.78 is 0. The van der Waals surface area contributed by atoms with Crippen LogP contribution in [0.4, 0.5) is 0 Å². The minimum Gasteiger partial charge on any atom is -0.388 e. The first-order valence-corrected chi connectivity index (χ1v) is 10.2. The van der Waals surface area contributed by atoms with E-state index in [4.69, 9.17) is 0 Å². The summed E-state index contributed by atoms with van der Waals surface area (Å²) in [5.41, 5.74) is 0.933. The van der Waals surface area contributed by atoms with E-state index in [1.54, 1.807) is 0 Å². The molecule has 7 heteroatoms. The van der Waals surface area contributed by atoms with E-state index >= 15 is 0 Å². The van der Waals surface area contributed by atoms with Gasteiger partial charge in [0.15, 0.2) is 5.96 Å². The molecule has 28 heavy (non-hydrogen) atoms. The number of carbonyl (C=O) groups is 1. The monoisotopic (exact) mass is 502 g/mol. The van der Waals surface area contributed by atoms with E-state index in [0.717, 1.165) is 43.9 Å². The molecule has 6 nitrogen and oxygen atoms in total. The first-order valence-electron chi connectivity index (χ1n) is 10.2. The second kappa shape index (κ2) is 13.8. The lowest BCUT2D eigenvalue weighted by molar-refractivity contribution is -0.129. The standard InChI is InChI=1S/C21H34N4O2.HI/c1-3-18(25-16-8-11-20(25)27)12-14-23-21(22-4-2)24-15-13-19(26)17-9-6-5-7-10-17;/h5-7,9-10,18-19,26H,3-4,8,11-16H2,1-2H3,(H2,22,23,24);1H. The van der Waals surface area contributed by atoms with Crippen LogP contribution in [0.3, 0.4) is 0 Å². The smallest absolute Gasteiger partial charge is 0.222 e. The molecule has 1 heterocycles. The van der Waals surface area contributed by atoms with Crippen molar-refractivity contribution in [3.63, 3.8) is 0 Å². The quantitative estimate of drug-likeness (QED) is 0.261. The Labute approximate surface area is 186 Å². The van der Waals surface area contributed by atoms with Gasteiger partial charge in [0.05, 0.1) is 6.10 Å². The van der Waals surface area contributed by atoms with E-state index in [1.165, 1.54) is 0 Å². The zero-order valence-corrected chi connectivity index (χ0v) is 19.4. The summed E-state index contributed by atoms with van der Waals surface area (Å²) in [5, 5.41) is 16.8. The average molecular weight is 502 g/mol. The summed E-state index contributed by atoms with van der Waals surface area (Å²) in [6.45, 7) is 7.16. The molecule has 2 unspecified atom stereocenters. The molecule has 3 N–H and O–H groups in total. The largest absolute Gasteiger partial charge is 0.388 e. The van der Waals surface area contributed by atoms with Crippen LogP contribution in [0.1, 0.15) is 57.6 Å². The first-order chi connectivity index (χ1) is 13.2. The van der Waals surface area contributed by atoms with E-state index in [1.807, 2.05) is 42.2 Å². The zero-order chi connectivity index (χ0) is 19.5. The number of amides is 1. The Hall–Kier alpha value is -1.35. The zero-order valence-electron chi connectivity index (χ0n) is 17.1. The highest BCUT2D eigenvalue weighted by atomic mass is 127.